The van der Waals surface area contributed by atoms with Crippen molar-refractivity contribution < 1.29 is 18.7 Å². The average molecular weight is 446 g/mol. The van der Waals surface area contributed by atoms with Crippen LogP contribution in [0.1, 0.15) is 27.2 Å². The van der Waals surface area contributed by atoms with E-state index in [9.17, 15) is 9.59 Å². The first-order valence-electron chi connectivity index (χ1n) is 11.0. The SMILES string of the molecule is O=C(NCc1ccccc1CN1CCOCC1)/C(=C/c1ccco1)NC(=O)c1ccccc1. The van der Waals surface area contributed by atoms with Crippen LogP contribution in [0.2, 0.25) is 0 Å². The number of furan rings is 1. The molecule has 0 radical (unpaired) electrons. The number of nitrogens with zero attached hydrogens (tertiary/aromatic N) is 1. The Bertz CT molecular complexity index is 1090. The number of carbonyl (C=O) groups is 2. The maximum absolute atomic E-state index is 13.0. The molecule has 4 rings (SSSR count). The zero-order valence-electron chi connectivity index (χ0n) is 18.3. The molecule has 2 heterocycles. The minimum Gasteiger partial charge on any atom is -0.465 e. The molecule has 0 bridgehead atoms. The highest BCUT2D eigenvalue weighted by Crippen LogP contribution is 2.14. The molecule has 1 aromatic heterocycles. The lowest BCUT2D eigenvalue weighted by molar-refractivity contribution is -0.117. The minimum atomic E-state index is -0.392. The summed E-state index contributed by atoms with van der Waals surface area (Å²) in [6.07, 6.45) is 3.04. The van der Waals surface area contributed by atoms with Crippen molar-refractivity contribution in [3.8, 4) is 0 Å². The van der Waals surface area contributed by atoms with Gasteiger partial charge in [-0.2, -0.15) is 0 Å². The fourth-order valence-electron chi connectivity index (χ4n) is 3.61. The van der Waals surface area contributed by atoms with Crippen LogP contribution in [-0.2, 0) is 22.6 Å². The first-order chi connectivity index (χ1) is 16.2. The number of benzene rings is 2. The summed E-state index contributed by atoms with van der Waals surface area (Å²) in [5, 5.41) is 5.66. The number of nitrogens with one attached hydrogen (secondary N) is 2. The minimum absolute atomic E-state index is 0.115. The largest absolute Gasteiger partial charge is 0.465 e. The van der Waals surface area contributed by atoms with Crippen molar-refractivity contribution in [3.05, 3.63) is 101 Å². The fraction of sp³-hybridized carbons (Fsp3) is 0.231. The molecule has 0 aliphatic carbocycles. The molecule has 2 aromatic carbocycles. The van der Waals surface area contributed by atoms with E-state index in [0.29, 0.717) is 17.9 Å². The van der Waals surface area contributed by atoms with Gasteiger partial charge < -0.3 is 19.8 Å². The lowest BCUT2D eigenvalue weighted by Gasteiger charge is -2.27. The van der Waals surface area contributed by atoms with Gasteiger partial charge in [-0.1, -0.05) is 42.5 Å². The smallest absolute Gasteiger partial charge is 0.268 e. The van der Waals surface area contributed by atoms with Crippen molar-refractivity contribution in [3.63, 3.8) is 0 Å². The molecular weight excluding hydrogens is 418 g/mol. The van der Waals surface area contributed by atoms with Gasteiger partial charge in [-0.25, -0.2) is 0 Å². The normalized spacial score (nSPS) is 14.6. The maximum atomic E-state index is 13.0. The summed E-state index contributed by atoms with van der Waals surface area (Å²) in [4.78, 5) is 28.0. The van der Waals surface area contributed by atoms with Crippen LogP contribution in [0.15, 0.2) is 83.1 Å². The van der Waals surface area contributed by atoms with Crippen LogP contribution in [0.4, 0.5) is 0 Å². The van der Waals surface area contributed by atoms with Gasteiger partial charge >= 0.3 is 0 Å². The number of rotatable bonds is 8. The lowest BCUT2D eigenvalue weighted by atomic mass is 10.1. The van der Waals surface area contributed by atoms with Gasteiger partial charge in [-0.15, -0.1) is 0 Å². The number of ether oxygens (including phenoxy) is 1. The molecule has 0 atom stereocenters. The van der Waals surface area contributed by atoms with E-state index in [1.165, 1.54) is 12.3 Å². The Kier molecular flexibility index (Phi) is 7.68. The molecule has 1 saturated heterocycles. The van der Waals surface area contributed by atoms with Crippen molar-refractivity contribution >= 4 is 17.9 Å². The number of hydrogen-bond donors (Lipinski definition) is 2. The summed E-state index contributed by atoms with van der Waals surface area (Å²) in [6.45, 7) is 4.40. The molecule has 3 aromatic rings. The van der Waals surface area contributed by atoms with Crippen molar-refractivity contribution in [1.29, 1.82) is 0 Å². The molecular formula is C26H27N3O4. The van der Waals surface area contributed by atoms with Crippen LogP contribution >= 0.6 is 0 Å². The van der Waals surface area contributed by atoms with Gasteiger partial charge in [-0.05, 0) is 35.4 Å². The highest BCUT2D eigenvalue weighted by molar-refractivity contribution is 6.05. The molecule has 170 valence electrons. The second kappa shape index (κ2) is 11.3. The van der Waals surface area contributed by atoms with Crippen LogP contribution in [0.3, 0.4) is 0 Å². The van der Waals surface area contributed by atoms with Gasteiger partial charge in [0.1, 0.15) is 11.5 Å². The average Bonchev–Trinajstić information content (AvgIpc) is 3.37. The van der Waals surface area contributed by atoms with Crippen LogP contribution in [0.25, 0.3) is 6.08 Å². The van der Waals surface area contributed by atoms with Crippen LogP contribution < -0.4 is 10.6 Å². The molecule has 2 amide bonds. The van der Waals surface area contributed by atoms with Crippen molar-refractivity contribution in [2.45, 2.75) is 13.1 Å². The number of morpholine rings is 1. The molecule has 7 heteroatoms. The summed E-state index contributed by atoms with van der Waals surface area (Å²) in [5.41, 5.74) is 2.77. The van der Waals surface area contributed by atoms with Crippen molar-refractivity contribution in [1.82, 2.24) is 15.5 Å². The zero-order valence-corrected chi connectivity index (χ0v) is 18.3. The van der Waals surface area contributed by atoms with E-state index in [0.717, 1.165) is 44.0 Å². The molecule has 33 heavy (non-hydrogen) atoms. The first-order valence-corrected chi connectivity index (χ1v) is 11.0. The maximum Gasteiger partial charge on any atom is 0.268 e. The van der Waals surface area contributed by atoms with Gasteiger partial charge in [0.25, 0.3) is 11.8 Å². The third-order valence-electron chi connectivity index (χ3n) is 5.41. The Hall–Kier alpha value is -3.68. The lowest BCUT2D eigenvalue weighted by Crippen LogP contribution is -2.36. The first kappa shape index (κ1) is 22.5. The van der Waals surface area contributed by atoms with Crippen LogP contribution in [0, 0.1) is 0 Å². The van der Waals surface area contributed by atoms with Gasteiger partial charge in [0, 0.05) is 37.8 Å². The fourth-order valence-corrected chi connectivity index (χ4v) is 3.61. The molecule has 7 nitrogen and oxygen atoms in total. The van der Waals surface area contributed by atoms with E-state index in [1.54, 1.807) is 36.4 Å². The molecule has 1 fully saturated rings. The summed E-state index contributed by atoms with van der Waals surface area (Å²) >= 11 is 0. The van der Waals surface area contributed by atoms with Gasteiger partial charge in [0.15, 0.2) is 0 Å². The van der Waals surface area contributed by atoms with E-state index in [-0.39, 0.29) is 11.6 Å². The quantitative estimate of drug-likeness (QED) is 0.521. The molecule has 0 saturated carbocycles. The van der Waals surface area contributed by atoms with E-state index in [2.05, 4.69) is 21.6 Å². The standard InChI is InChI=1S/C26H27N3O4/c30-25(20-7-2-1-3-8-20)28-24(17-23-11-6-14-33-23)26(31)27-18-21-9-4-5-10-22(21)19-29-12-15-32-16-13-29/h1-11,14,17H,12-13,15-16,18-19H2,(H,27,31)(H,28,30)/b24-17-. The van der Waals surface area contributed by atoms with E-state index in [1.807, 2.05) is 24.3 Å². The molecule has 0 spiro atoms. The highest BCUT2D eigenvalue weighted by atomic mass is 16.5. The van der Waals surface area contributed by atoms with Gasteiger partial charge in [0.2, 0.25) is 0 Å². The molecule has 1 aliphatic heterocycles. The number of carbonyl (C=O) groups excluding carboxylic acids is 2. The Morgan fingerprint density at radius 3 is 2.36 bits per heavy atom. The predicted octanol–water partition coefficient (Wildman–Crippen LogP) is 3.20. The molecule has 0 unspecified atom stereocenters. The second-order valence-electron chi connectivity index (χ2n) is 7.73. The summed E-state index contributed by atoms with van der Waals surface area (Å²) < 4.78 is 10.8. The zero-order chi connectivity index (χ0) is 22.9. The van der Waals surface area contributed by atoms with E-state index < -0.39 is 5.91 Å². The van der Waals surface area contributed by atoms with Gasteiger partial charge in [0.05, 0.1) is 19.5 Å². The summed E-state index contributed by atoms with van der Waals surface area (Å²) in [6, 6.07) is 20.3. The van der Waals surface area contributed by atoms with Crippen molar-refractivity contribution in [2.75, 3.05) is 26.3 Å². The van der Waals surface area contributed by atoms with Crippen LogP contribution in [-0.4, -0.2) is 43.0 Å². The summed E-state index contributed by atoms with van der Waals surface area (Å²) in [7, 11) is 0. The Morgan fingerprint density at radius 2 is 1.64 bits per heavy atom. The topological polar surface area (TPSA) is 83.8 Å². The molecule has 1 aliphatic rings. The van der Waals surface area contributed by atoms with Crippen molar-refractivity contribution in [2.24, 2.45) is 0 Å². The number of hydrogen-bond acceptors (Lipinski definition) is 5. The number of amides is 2. The third-order valence-corrected chi connectivity index (χ3v) is 5.41. The van der Waals surface area contributed by atoms with E-state index >= 15 is 0 Å². The Morgan fingerprint density at radius 1 is 0.909 bits per heavy atom. The van der Waals surface area contributed by atoms with Crippen LogP contribution in [0.5, 0.6) is 0 Å². The second-order valence-corrected chi connectivity index (χ2v) is 7.73. The van der Waals surface area contributed by atoms with E-state index in [4.69, 9.17) is 9.15 Å². The summed E-state index contributed by atoms with van der Waals surface area (Å²) in [5.74, 6) is -0.283. The molecule has 2 N–H and O–H groups in total. The predicted molar refractivity (Wildman–Crippen MR) is 125 cm³/mol. The van der Waals surface area contributed by atoms with Gasteiger partial charge in [-0.3, -0.25) is 14.5 Å². The Labute approximate surface area is 193 Å². The monoisotopic (exact) mass is 445 g/mol. The Balaban J connectivity index is 1.46. The highest BCUT2D eigenvalue weighted by Gasteiger charge is 2.17. The third kappa shape index (κ3) is 6.41.